The Labute approximate surface area is 119 Å². The molecule has 2 rings (SSSR count). The van der Waals surface area contributed by atoms with Crippen LogP contribution in [-0.4, -0.2) is 22.3 Å². The van der Waals surface area contributed by atoms with E-state index in [2.05, 4.69) is 4.98 Å². The quantitative estimate of drug-likeness (QED) is 0.874. The monoisotopic (exact) mass is 269 g/mol. The summed E-state index contributed by atoms with van der Waals surface area (Å²) in [6, 6.07) is 15.9. The fraction of sp³-hybridized carbons (Fsp3) is 0.250. The minimum absolute atomic E-state index is 0.0314. The molecule has 1 atom stereocenters. The molecule has 1 aromatic heterocycles. The van der Waals surface area contributed by atoms with Crippen LogP contribution < -0.4 is 5.73 Å². The first-order valence-electron chi connectivity index (χ1n) is 6.64. The van der Waals surface area contributed by atoms with Crippen LogP contribution in [0.25, 0.3) is 0 Å². The van der Waals surface area contributed by atoms with Crippen molar-refractivity contribution in [2.45, 2.75) is 19.5 Å². The van der Waals surface area contributed by atoms with E-state index in [1.807, 2.05) is 60.4 Å². The van der Waals surface area contributed by atoms with E-state index in [-0.39, 0.29) is 18.5 Å². The SMILES string of the molecule is CC(c1ccccn1)N(CC(N)=O)Cc1ccccc1. The fourth-order valence-electron chi connectivity index (χ4n) is 2.16. The molecule has 1 unspecified atom stereocenters. The summed E-state index contributed by atoms with van der Waals surface area (Å²) in [4.78, 5) is 17.7. The van der Waals surface area contributed by atoms with Gasteiger partial charge in [0.05, 0.1) is 18.3 Å². The first-order chi connectivity index (χ1) is 9.66. The van der Waals surface area contributed by atoms with Crippen LogP contribution in [0.2, 0.25) is 0 Å². The Hall–Kier alpha value is -2.20. The van der Waals surface area contributed by atoms with Crippen molar-refractivity contribution >= 4 is 5.91 Å². The molecule has 0 fully saturated rings. The van der Waals surface area contributed by atoms with Crippen molar-refractivity contribution in [3.8, 4) is 0 Å². The highest BCUT2D eigenvalue weighted by molar-refractivity contribution is 5.76. The number of rotatable bonds is 6. The van der Waals surface area contributed by atoms with Crippen molar-refractivity contribution in [2.24, 2.45) is 5.73 Å². The first kappa shape index (κ1) is 14.2. The summed E-state index contributed by atoms with van der Waals surface area (Å²) in [5.74, 6) is -0.330. The predicted molar refractivity (Wildman–Crippen MR) is 78.7 cm³/mol. The molecule has 1 amide bonds. The maximum absolute atomic E-state index is 11.3. The topological polar surface area (TPSA) is 59.2 Å². The van der Waals surface area contributed by atoms with Crippen molar-refractivity contribution in [1.82, 2.24) is 9.88 Å². The number of aromatic nitrogens is 1. The van der Waals surface area contributed by atoms with Crippen molar-refractivity contribution < 1.29 is 4.79 Å². The zero-order chi connectivity index (χ0) is 14.4. The predicted octanol–water partition coefficient (Wildman–Crippen LogP) is 2.13. The van der Waals surface area contributed by atoms with Crippen LogP contribution in [0.3, 0.4) is 0 Å². The number of amides is 1. The van der Waals surface area contributed by atoms with Gasteiger partial charge in [-0.25, -0.2) is 0 Å². The molecule has 104 valence electrons. The van der Waals surface area contributed by atoms with E-state index in [4.69, 9.17) is 5.73 Å². The van der Waals surface area contributed by atoms with Crippen LogP contribution in [0.5, 0.6) is 0 Å². The van der Waals surface area contributed by atoms with Crippen LogP contribution in [0.15, 0.2) is 54.7 Å². The molecule has 1 heterocycles. The number of hydrogen-bond donors (Lipinski definition) is 1. The second-order valence-electron chi connectivity index (χ2n) is 4.79. The van der Waals surface area contributed by atoms with E-state index in [1.54, 1.807) is 6.20 Å². The maximum atomic E-state index is 11.3. The van der Waals surface area contributed by atoms with Gasteiger partial charge in [-0.2, -0.15) is 0 Å². The number of carbonyl (C=O) groups is 1. The second kappa shape index (κ2) is 6.82. The number of pyridine rings is 1. The maximum Gasteiger partial charge on any atom is 0.231 e. The van der Waals surface area contributed by atoms with E-state index in [0.29, 0.717) is 6.54 Å². The molecule has 4 heteroatoms. The number of hydrogen-bond acceptors (Lipinski definition) is 3. The summed E-state index contributed by atoms with van der Waals surface area (Å²) in [6.07, 6.45) is 1.76. The second-order valence-corrected chi connectivity index (χ2v) is 4.79. The van der Waals surface area contributed by atoms with E-state index in [0.717, 1.165) is 11.3 Å². The van der Waals surface area contributed by atoms with Gasteiger partial charge in [-0.1, -0.05) is 36.4 Å². The molecule has 2 aromatic rings. The van der Waals surface area contributed by atoms with Gasteiger partial charge in [0.15, 0.2) is 0 Å². The summed E-state index contributed by atoms with van der Waals surface area (Å²) < 4.78 is 0. The zero-order valence-electron chi connectivity index (χ0n) is 11.6. The van der Waals surface area contributed by atoms with Crippen molar-refractivity contribution in [3.63, 3.8) is 0 Å². The van der Waals surface area contributed by atoms with Crippen LogP contribution >= 0.6 is 0 Å². The molecule has 0 spiro atoms. The Morgan fingerprint density at radius 3 is 2.50 bits per heavy atom. The average molecular weight is 269 g/mol. The van der Waals surface area contributed by atoms with E-state index >= 15 is 0 Å². The van der Waals surface area contributed by atoms with Gasteiger partial charge in [0.25, 0.3) is 0 Å². The minimum Gasteiger partial charge on any atom is -0.369 e. The zero-order valence-corrected chi connectivity index (χ0v) is 11.6. The summed E-state index contributed by atoms with van der Waals surface area (Å²) in [5.41, 5.74) is 7.45. The molecule has 4 nitrogen and oxygen atoms in total. The number of nitrogens with zero attached hydrogens (tertiary/aromatic N) is 2. The largest absolute Gasteiger partial charge is 0.369 e. The van der Waals surface area contributed by atoms with E-state index < -0.39 is 0 Å². The molecule has 0 saturated heterocycles. The molecule has 1 aromatic carbocycles. The molecule has 0 saturated carbocycles. The van der Waals surface area contributed by atoms with Crippen molar-refractivity contribution in [2.75, 3.05) is 6.54 Å². The number of carbonyl (C=O) groups excluding carboxylic acids is 1. The highest BCUT2D eigenvalue weighted by Crippen LogP contribution is 2.20. The Balaban J connectivity index is 2.17. The summed E-state index contributed by atoms with van der Waals surface area (Å²) in [6.45, 7) is 2.92. The molecule has 0 radical (unpaired) electrons. The van der Waals surface area contributed by atoms with Gasteiger partial charge in [0, 0.05) is 12.7 Å². The van der Waals surface area contributed by atoms with Crippen molar-refractivity contribution in [3.05, 3.63) is 66.0 Å². The lowest BCUT2D eigenvalue weighted by atomic mass is 10.1. The third-order valence-corrected chi connectivity index (χ3v) is 3.25. The molecule has 0 aliphatic rings. The lowest BCUT2D eigenvalue weighted by molar-refractivity contribution is -0.119. The Bertz CT molecular complexity index is 542. The summed E-state index contributed by atoms with van der Waals surface area (Å²) in [7, 11) is 0. The highest BCUT2D eigenvalue weighted by atomic mass is 16.1. The highest BCUT2D eigenvalue weighted by Gasteiger charge is 2.18. The van der Waals surface area contributed by atoms with Gasteiger partial charge >= 0.3 is 0 Å². The smallest absolute Gasteiger partial charge is 0.231 e. The van der Waals surface area contributed by atoms with Crippen molar-refractivity contribution in [1.29, 1.82) is 0 Å². The first-order valence-corrected chi connectivity index (χ1v) is 6.64. The number of benzene rings is 1. The third kappa shape index (κ3) is 3.90. The van der Waals surface area contributed by atoms with E-state index in [9.17, 15) is 4.79 Å². The summed E-state index contributed by atoms with van der Waals surface area (Å²) in [5, 5.41) is 0. The van der Waals surface area contributed by atoms with Crippen LogP contribution in [0.1, 0.15) is 24.2 Å². The fourth-order valence-corrected chi connectivity index (χ4v) is 2.16. The van der Waals surface area contributed by atoms with Gasteiger partial charge in [-0.15, -0.1) is 0 Å². The van der Waals surface area contributed by atoms with Crippen LogP contribution in [0.4, 0.5) is 0 Å². The van der Waals surface area contributed by atoms with E-state index in [1.165, 1.54) is 0 Å². The van der Waals surface area contributed by atoms with Gasteiger partial charge in [-0.05, 0) is 24.6 Å². The Morgan fingerprint density at radius 1 is 1.20 bits per heavy atom. The van der Waals surface area contributed by atoms with Crippen LogP contribution in [-0.2, 0) is 11.3 Å². The number of nitrogens with two attached hydrogens (primary N) is 1. The summed E-state index contributed by atoms with van der Waals surface area (Å²) >= 11 is 0. The normalized spacial score (nSPS) is 12.3. The molecular weight excluding hydrogens is 250 g/mol. The molecule has 0 bridgehead atoms. The lowest BCUT2D eigenvalue weighted by Crippen LogP contribution is -2.35. The Morgan fingerprint density at radius 2 is 1.90 bits per heavy atom. The van der Waals surface area contributed by atoms with Gasteiger partial charge in [0.2, 0.25) is 5.91 Å². The lowest BCUT2D eigenvalue weighted by Gasteiger charge is -2.27. The molecule has 2 N–H and O–H groups in total. The molecular formula is C16H19N3O. The molecule has 20 heavy (non-hydrogen) atoms. The minimum atomic E-state index is -0.330. The van der Waals surface area contributed by atoms with Gasteiger partial charge in [-0.3, -0.25) is 14.7 Å². The van der Waals surface area contributed by atoms with Crippen LogP contribution in [0, 0.1) is 0 Å². The van der Waals surface area contributed by atoms with Gasteiger partial charge in [0.1, 0.15) is 0 Å². The average Bonchev–Trinajstić information content (AvgIpc) is 2.47. The van der Waals surface area contributed by atoms with Gasteiger partial charge < -0.3 is 5.73 Å². The molecule has 0 aliphatic heterocycles. The third-order valence-electron chi connectivity index (χ3n) is 3.25. The Kier molecular flexibility index (Phi) is 4.85. The number of primary amides is 1. The molecule has 0 aliphatic carbocycles. The standard InChI is InChI=1S/C16H19N3O/c1-13(15-9-5-6-10-18-15)19(12-16(17)20)11-14-7-3-2-4-8-14/h2-10,13H,11-12H2,1H3,(H2,17,20).